The second-order valence-electron chi connectivity index (χ2n) is 11.3. The first kappa shape index (κ1) is 27.4. The Kier molecular flexibility index (Phi) is 9.53. The Bertz CT molecular complexity index is 734. The number of likely N-dealkylation sites (N-methyl/N-ethyl adjacent to an activating group) is 2. The summed E-state index contributed by atoms with van der Waals surface area (Å²) in [5.74, 6) is -0.0114. The van der Waals surface area contributed by atoms with Crippen molar-refractivity contribution in [2.45, 2.75) is 91.8 Å². The molecule has 2 unspecified atom stereocenters. The second kappa shape index (κ2) is 11.5. The van der Waals surface area contributed by atoms with Crippen molar-refractivity contribution in [3.63, 3.8) is 0 Å². The van der Waals surface area contributed by atoms with E-state index in [1.54, 1.807) is 11.9 Å². The van der Waals surface area contributed by atoms with E-state index >= 15 is 0 Å². The highest BCUT2D eigenvalue weighted by Gasteiger charge is 2.39. The molecule has 0 aliphatic carbocycles. The number of nitrogens with zero attached hydrogens (tertiary/aromatic N) is 3. The molecule has 2 aliphatic rings. The predicted molar refractivity (Wildman–Crippen MR) is 133 cm³/mol. The number of hydrogen-bond donors (Lipinski definition) is 1. The fourth-order valence-corrected chi connectivity index (χ4v) is 4.89. The van der Waals surface area contributed by atoms with Gasteiger partial charge in [-0.25, -0.2) is 0 Å². The maximum absolute atomic E-state index is 13.7. The van der Waals surface area contributed by atoms with Gasteiger partial charge in [-0.1, -0.05) is 47.1 Å². The van der Waals surface area contributed by atoms with Crippen LogP contribution in [0.2, 0.25) is 0 Å². The van der Waals surface area contributed by atoms with Crippen LogP contribution in [-0.4, -0.2) is 84.3 Å². The Morgan fingerprint density at radius 2 is 1.61 bits per heavy atom. The maximum Gasteiger partial charge on any atom is 0.249 e. The number of amides is 3. The van der Waals surface area contributed by atoms with Gasteiger partial charge in [-0.3, -0.25) is 19.3 Å². The highest BCUT2D eigenvalue weighted by atomic mass is 16.2. The van der Waals surface area contributed by atoms with E-state index < -0.39 is 11.5 Å². The second-order valence-corrected chi connectivity index (χ2v) is 11.3. The molecule has 0 aromatic carbocycles. The minimum absolute atomic E-state index is 0.0556. The van der Waals surface area contributed by atoms with Crippen LogP contribution in [0.25, 0.3) is 0 Å². The lowest BCUT2D eigenvalue weighted by Gasteiger charge is -2.39. The summed E-state index contributed by atoms with van der Waals surface area (Å²) in [5, 5.41) is 3.08. The molecule has 0 spiro atoms. The Morgan fingerprint density at radius 3 is 2.12 bits per heavy atom. The molecular weight excluding hydrogens is 416 g/mol. The summed E-state index contributed by atoms with van der Waals surface area (Å²) in [6, 6.07) is -1.07. The van der Waals surface area contributed by atoms with Gasteiger partial charge in [0.05, 0.1) is 12.1 Å². The Labute approximate surface area is 200 Å². The van der Waals surface area contributed by atoms with Crippen LogP contribution in [0.3, 0.4) is 0 Å². The predicted octanol–water partition coefficient (Wildman–Crippen LogP) is 3.05. The molecule has 7 heteroatoms. The van der Waals surface area contributed by atoms with Crippen molar-refractivity contribution in [3.8, 4) is 0 Å². The standard InChI is InChI=1S/C26H46N4O3/c1-18(2)21(17-19(3)24(32)30-15-11-12-16-30)29(8)25(33)22(26(4,5)6)27-23(31)20-13-9-10-14-28(20)7/h17-18,20-22H,9-16H2,1-8H3,(H,27,31)/b19-17+/t20?,21-,22?/m1/s1. The summed E-state index contributed by atoms with van der Waals surface area (Å²) < 4.78 is 0. The number of rotatable bonds is 7. The quantitative estimate of drug-likeness (QED) is 0.590. The van der Waals surface area contributed by atoms with Gasteiger partial charge in [-0.05, 0) is 57.5 Å². The Balaban J connectivity index is 2.21. The van der Waals surface area contributed by atoms with E-state index in [0.29, 0.717) is 5.57 Å². The average molecular weight is 463 g/mol. The van der Waals surface area contributed by atoms with E-state index in [1.807, 2.05) is 45.7 Å². The first-order valence-electron chi connectivity index (χ1n) is 12.6. The maximum atomic E-state index is 13.7. The Morgan fingerprint density at radius 1 is 1.03 bits per heavy atom. The summed E-state index contributed by atoms with van der Waals surface area (Å²) >= 11 is 0. The number of carbonyl (C=O) groups is 3. The lowest BCUT2D eigenvalue weighted by atomic mass is 9.84. The summed E-state index contributed by atoms with van der Waals surface area (Å²) in [5.41, 5.74) is 0.232. The number of nitrogens with one attached hydrogen (secondary N) is 1. The first-order valence-corrected chi connectivity index (χ1v) is 12.6. The molecule has 188 valence electrons. The topological polar surface area (TPSA) is 73.0 Å². The van der Waals surface area contributed by atoms with Crippen molar-refractivity contribution in [2.75, 3.05) is 33.7 Å². The zero-order valence-electron chi connectivity index (χ0n) is 22.1. The first-order chi connectivity index (χ1) is 15.3. The van der Waals surface area contributed by atoms with Gasteiger partial charge in [-0.2, -0.15) is 0 Å². The zero-order valence-corrected chi connectivity index (χ0v) is 22.1. The minimum Gasteiger partial charge on any atom is -0.342 e. The zero-order chi connectivity index (χ0) is 24.9. The summed E-state index contributed by atoms with van der Waals surface area (Å²) in [4.78, 5) is 45.4. The molecule has 0 radical (unpaired) electrons. The summed E-state index contributed by atoms with van der Waals surface area (Å²) in [6.07, 6.45) is 6.98. The van der Waals surface area contributed by atoms with Gasteiger partial charge < -0.3 is 15.1 Å². The van der Waals surface area contributed by atoms with Crippen LogP contribution in [0.5, 0.6) is 0 Å². The molecule has 2 rings (SSSR count). The molecule has 2 heterocycles. The number of piperidine rings is 1. The number of likely N-dealkylation sites (tertiary alicyclic amines) is 2. The molecule has 33 heavy (non-hydrogen) atoms. The monoisotopic (exact) mass is 462 g/mol. The van der Waals surface area contributed by atoms with E-state index in [9.17, 15) is 14.4 Å². The lowest BCUT2D eigenvalue weighted by molar-refractivity contribution is -0.141. The number of hydrogen-bond acceptors (Lipinski definition) is 4. The van der Waals surface area contributed by atoms with Gasteiger partial charge >= 0.3 is 0 Å². The van der Waals surface area contributed by atoms with Gasteiger partial charge in [0, 0.05) is 25.7 Å². The molecular formula is C26H46N4O3. The molecule has 7 nitrogen and oxygen atoms in total. The third-order valence-electron chi connectivity index (χ3n) is 7.10. The van der Waals surface area contributed by atoms with Crippen LogP contribution < -0.4 is 5.32 Å². The van der Waals surface area contributed by atoms with Gasteiger partial charge in [0.2, 0.25) is 17.7 Å². The average Bonchev–Trinajstić information content (AvgIpc) is 3.28. The van der Waals surface area contributed by atoms with E-state index in [2.05, 4.69) is 24.1 Å². The highest BCUT2D eigenvalue weighted by Crippen LogP contribution is 2.25. The van der Waals surface area contributed by atoms with Crippen LogP contribution in [0, 0.1) is 11.3 Å². The van der Waals surface area contributed by atoms with Crippen molar-refractivity contribution in [1.82, 2.24) is 20.0 Å². The fraction of sp³-hybridized carbons (Fsp3) is 0.808. The Hall–Kier alpha value is -1.89. The third-order valence-corrected chi connectivity index (χ3v) is 7.10. The molecule has 2 fully saturated rings. The van der Waals surface area contributed by atoms with Crippen molar-refractivity contribution in [3.05, 3.63) is 11.6 Å². The van der Waals surface area contributed by atoms with Crippen molar-refractivity contribution in [1.29, 1.82) is 0 Å². The molecule has 1 N–H and O–H groups in total. The minimum atomic E-state index is -0.644. The molecule has 2 saturated heterocycles. The lowest BCUT2D eigenvalue weighted by Crippen LogP contribution is -2.59. The third kappa shape index (κ3) is 7.05. The fourth-order valence-electron chi connectivity index (χ4n) is 4.89. The van der Waals surface area contributed by atoms with Gasteiger partial charge in [0.15, 0.2) is 0 Å². The molecule has 3 atom stereocenters. The smallest absolute Gasteiger partial charge is 0.249 e. The van der Waals surface area contributed by atoms with Crippen molar-refractivity contribution in [2.24, 2.45) is 11.3 Å². The van der Waals surface area contributed by atoms with Gasteiger partial charge in [0.1, 0.15) is 6.04 Å². The van der Waals surface area contributed by atoms with Crippen molar-refractivity contribution >= 4 is 17.7 Å². The largest absolute Gasteiger partial charge is 0.342 e. The van der Waals surface area contributed by atoms with Crippen LogP contribution in [-0.2, 0) is 14.4 Å². The molecule has 0 bridgehead atoms. The molecule has 0 aromatic rings. The molecule has 3 amide bonds. The van der Waals surface area contributed by atoms with Gasteiger partial charge in [0.25, 0.3) is 0 Å². The van der Waals surface area contributed by atoms with Crippen LogP contribution in [0.4, 0.5) is 0 Å². The molecule has 0 saturated carbocycles. The molecule has 0 aromatic heterocycles. The van der Waals surface area contributed by atoms with Crippen molar-refractivity contribution < 1.29 is 14.4 Å². The van der Waals surface area contributed by atoms with E-state index in [1.165, 1.54) is 0 Å². The van der Waals surface area contributed by atoms with Crippen LogP contribution >= 0.6 is 0 Å². The summed E-state index contributed by atoms with van der Waals surface area (Å²) in [6.45, 7) is 14.4. The van der Waals surface area contributed by atoms with E-state index in [0.717, 1.165) is 51.7 Å². The van der Waals surface area contributed by atoms with Crippen LogP contribution in [0.15, 0.2) is 11.6 Å². The van der Waals surface area contributed by atoms with E-state index in [-0.39, 0.29) is 35.7 Å². The normalized spacial score (nSPS) is 22.3. The van der Waals surface area contributed by atoms with E-state index in [4.69, 9.17) is 0 Å². The molecule has 2 aliphatic heterocycles. The SMILES string of the molecule is C/C(=C\[C@H](C(C)C)N(C)C(=O)C(NC(=O)C1CCCCN1C)C(C)(C)C)C(=O)N1CCCC1. The number of carbonyl (C=O) groups excluding carboxylic acids is 3. The van der Waals surface area contributed by atoms with Crippen LogP contribution in [0.1, 0.15) is 73.6 Å². The highest BCUT2D eigenvalue weighted by molar-refractivity contribution is 5.93. The van der Waals surface area contributed by atoms with Gasteiger partial charge in [-0.15, -0.1) is 0 Å². The summed E-state index contributed by atoms with van der Waals surface area (Å²) in [7, 11) is 3.76.